The molecule has 0 fully saturated rings. The predicted octanol–water partition coefficient (Wildman–Crippen LogP) is 0.217. The second-order valence-electron chi connectivity index (χ2n) is 3.11. The van der Waals surface area contributed by atoms with E-state index >= 15 is 0 Å². The number of carbonyl (C=O) groups excluding carboxylic acids is 1. The van der Waals surface area contributed by atoms with Crippen molar-refractivity contribution in [3.05, 3.63) is 30.6 Å². The van der Waals surface area contributed by atoms with Crippen molar-refractivity contribution in [2.75, 3.05) is 25.4 Å². The van der Waals surface area contributed by atoms with Crippen molar-refractivity contribution in [3.63, 3.8) is 0 Å². The fourth-order valence-electron chi connectivity index (χ4n) is 1.26. The molecule has 0 atom stereocenters. The first-order chi connectivity index (χ1) is 7.19. The summed E-state index contributed by atoms with van der Waals surface area (Å²) >= 11 is 0. The molecule has 1 aromatic rings. The summed E-state index contributed by atoms with van der Waals surface area (Å²) in [5.74, 6) is -0.194. The van der Waals surface area contributed by atoms with Gasteiger partial charge in [-0.3, -0.25) is 4.79 Å². The molecule has 1 amide bonds. The second kappa shape index (κ2) is 5.21. The van der Waals surface area contributed by atoms with Crippen LogP contribution in [0.4, 0.5) is 5.69 Å². The molecule has 0 saturated carbocycles. The van der Waals surface area contributed by atoms with Gasteiger partial charge in [0, 0.05) is 25.0 Å². The highest BCUT2D eigenvalue weighted by atomic mass is 16.3. The van der Waals surface area contributed by atoms with Crippen molar-refractivity contribution in [2.24, 2.45) is 0 Å². The molecule has 0 radical (unpaired) electrons. The second-order valence-corrected chi connectivity index (χ2v) is 3.11. The normalized spacial score (nSPS) is 9.93. The summed E-state index contributed by atoms with van der Waals surface area (Å²) in [5.41, 5.74) is 6.43. The van der Waals surface area contributed by atoms with Gasteiger partial charge in [0.25, 0.3) is 5.91 Å². The Morgan fingerprint density at radius 1 is 1.73 bits per heavy atom. The number of H-pyrrole nitrogens is 1. The van der Waals surface area contributed by atoms with Gasteiger partial charge in [-0.25, -0.2) is 0 Å². The number of carbonyl (C=O) groups is 1. The van der Waals surface area contributed by atoms with Crippen molar-refractivity contribution in [3.8, 4) is 0 Å². The number of aromatic amines is 1. The Hall–Kier alpha value is -1.75. The minimum atomic E-state index is -0.194. The number of rotatable bonds is 5. The van der Waals surface area contributed by atoms with Crippen LogP contribution in [0.1, 0.15) is 10.5 Å². The SMILES string of the molecule is C=CCN(CCO)C(=O)c1cc(N)c[nH]1. The van der Waals surface area contributed by atoms with E-state index in [4.69, 9.17) is 10.8 Å². The van der Waals surface area contributed by atoms with Crippen LogP contribution < -0.4 is 5.73 Å². The van der Waals surface area contributed by atoms with E-state index in [0.29, 0.717) is 17.9 Å². The summed E-state index contributed by atoms with van der Waals surface area (Å²) in [6.07, 6.45) is 3.16. The Morgan fingerprint density at radius 2 is 2.47 bits per heavy atom. The van der Waals surface area contributed by atoms with E-state index in [1.165, 1.54) is 4.90 Å². The maximum atomic E-state index is 11.8. The predicted molar refractivity (Wildman–Crippen MR) is 58.4 cm³/mol. The lowest BCUT2D eigenvalue weighted by molar-refractivity contribution is 0.0738. The quantitative estimate of drug-likeness (QED) is 0.606. The number of nitrogen functional groups attached to an aromatic ring is 1. The Labute approximate surface area is 88.2 Å². The number of nitrogens with two attached hydrogens (primary N) is 1. The van der Waals surface area contributed by atoms with Gasteiger partial charge in [0.05, 0.1) is 6.61 Å². The molecule has 0 spiro atoms. The first-order valence-electron chi connectivity index (χ1n) is 4.64. The molecule has 1 heterocycles. The van der Waals surface area contributed by atoms with E-state index in [1.54, 1.807) is 18.3 Å². The number of amides is 1. The molecule has 4 N–H and O–H groups in total. The number of nitrogens with one attached hydrogen (secondary N) is 1. The highest BCUT2D eigenvalue weighted by Crippen LogP contribution is 2.07. The molecule has 82 valence electrons. The number of hydrogen-bond acceptors (Lipinski definition) is 3. The van der Waals surface area contributed by atoms with Crippen LogP contribution in [0.5, 0.6) is 0 Å². The lowest BCUT2D eigenvalue weighted by Crippen LogP contribution is -2.33. The zero-order chi connectivity index (χ0) is 11.3. The summed E-state index contributed by atoms with van der Waals surface area (Å²) in [4.78, 5) is 16.1. The summed E-state index contributed by atoms with van der Waals surface area (Å²) in [7, 11) is 0. The molecule has 0 aliphatic rings. The lowest BCUT2D eigenvalue weighted by atomic mass is 10.3. The number of aromatic nitrogens is 1. The Bertz CT molecular complexity index is 346. The first-order valence-corrected chi connectivity index (χ1v) is 4.64. The van der Waals surface area contributed by atoms with Gasteiger partial charge >= 0.3 is 0 Å². The number of aliphatic hydroxyl groups excluding tert-OH is 1. The topological polar surface area (TPSA) is 82.3 Å². The van der Waals surface area contributed by atoms with E-state index in [2.05, 4.69) is 11.6 Å². The molecule has 0 unspecified atom stereocenters. The third-order valence-electron chi connectivity index (χ3n) is 1.94. The standard InChI is InChI=1S/C10H15N3O2/c1-2-3-13(4-5-14)10(15)9-6-8(11)7-12-9/h2,6-7,12,14H,1,3-5,11H2. The number of nitrogens with zero attached hydrogens (tertiary/aromatic N) is 1. The maximum absolute atomic E-state index is 11.8. The van der Waals surface area contributed by atoms with Crippen LogP contribution in [0.25, 0.3) is 0 Å². The van der Waals surface area contributed by atoms with E-state index in [9.17, 15) is 4.79 Å². The average molecular weight is 209 g/mol. The fourth-order valence-corrected chi connectivity index (χ4v) is 1.26. The summed E-state index contributed by atoms with van der Waals surface area (Å²) in [6, 6.07) is 1.57. The van der Waals surface area contributed by atoms with Crippen molar-refractivity contribution >= 4 is 11.6 Å². The molecule has 1 rings (SSSR count). The van der Waals surface area contributed by atoms with Gasteiger partial charge < -0.3 is 20.7 Å². The smallest absolute Gasteiger partial charge is 0.270 e. The van der Waals surface area contributed by atoms with Crippen LogP contribution in [0.15, 0.2) is 24.9 Å². The van der Waals surface area contributed by atoms with Gasteiger partial charge in [0.15, 0.2) is 0 Å². The van der Waals surface area contributed by atoms with Crippen LogP contribution in [0.3, 0.4) is 0 Å². The van der Waals surface area contributed by atoms with Crippen molar-refractivity contribution in [1.29, 1.82) is 0 Å². The van der Waals surface area contributed by atoms with E-state index in [-0.39, 0.29) is 19.1 Å². The Morgan fingerprint density at radius 3 is 2.93 bits per heavy atom. The molecular weight excluding hydrogens is 194 g/mol. The van der Waals surface area contributed by atoms with Gasteiger partial charge in [-0.05, 0) is 6.07 Å². The average Bonchev–Trinajstić information content (AvgIpc) is 2.63. The summed E-state index contributed by atoms with van der Waals surface area (Å²) < 4.78 is 0. The van der Waals surface area contributed by atoms with E-state index < -0.39 is 0 Å². The third kappa shape index (κ3) is 2.85. The van der Waals surface area contributed by atoms with Crippen LogP contribution >= 0.6 is 0 Å². The highest BCUT2D eigenvalue weighted by Gasteiger charge is 2.15. The molecule has 0 aromatic carbocycles. The van der Waals surface area contributed by atoms with Crippen LogP contribution in [-0.2, 0) is 0 Å². The zero-order valence-electron chi connectivity index (χ0n) is 8.44. The minimum absolute atomic E-state index is 0.0736. The summed E-state index contributed by atoms with van der Waals surface area (Å²) in [5, 5.41) is 8.80. The summed E-state index contributed by atoms with van der Waals surface area (Å²) in [6.45, 7) is 4.16. The third-order valence-corrected chi connectivity index (χ3v) is 1.94. The molecule has 0 saturated heterocycles. The molecule has 15 heavy (non-hydrogen) atoms. The molecule has 5 heteroatoms. The van der Waals surface area contributed by atoms with Crippen molar-refractivity contribution in [2.45, 2.75) is 0 Å². The highest BCUT2D eigenvalue weighted by molar-refractivity contribution is 5.93. The number of aliphatic hydroxyl groups is 1. The fraction of sp³-hybridized carbons (Fsp3) is 0.300. The van der Waals surface area contributed by atoms with Crippen LogP contribution in [0.2, 0.25) is 0 Å². The first kappa shape index (κ1) is 11.3. The lowest BCUT2D eigenvalue weighted by Gasteiger charge is -2.18. The van der Waals surface area contributed by atoms with Crippen LogP contribution in [-0.4, -0.2) is 40.6 Å². The van der Waals surface area contributed by atoms with Crippen molar-refractivity contribution < 1.29 is 9.90 Å². The van der Waals surface area contributed by atoms with E-state index in [0.717, 1.165) is 0 Å². The van der Waals surface area contributed by atoms with Crippen LogP contribution in [0, 0.1) is 0 Å². The van der Waals surface area contributed by atoms with Gasteiger partial charge in [0.1, 0.15) is 5.69 Å². The number of anilines is 1. The minimum Gasteiger partial charge on any atom is -0.397 e. The molecule has 0 aliphatic heterocycles. The molecule has 1 aromatic heterocycles. The molecule has 5 nitrogen and oxygen atoms in total. The van der Waals surface area contributed by atoms with Gasteiger partial charge in [0.2, 0.25) is 0 Å². The molecular formula is C10H15N3O2. The van der Waals surface area contributed by atoms with Crippen molar-refractivity contribution in [1.82, 2.24) is 9.88 Å². The van der Waals surface area contributed by atoms with Gasteiger partial charge in [-0.15, -0.1) is 6.58 Å². The zero-order valence-corrected chi connectivity index (χ0v) is 8.44. The van der Waals surface area contributed by atoms with Gasteiger partial charge in [-0.2, -0.15) is 0 Å². The van der Waals surface area contributed by atoms with Gasteiger partial charge in [-0.1, -0.05) is 6.08 Å². The maximum Gasteiger partial charge on any atom is 0.270 e. The molecule has 0 bridgehead atoms. The largest absolute Gasteiger partial charge is 0.397 e. The monoisotopic (exact) mass is 209 g/mol. The Kier molecular flexibility index (Phi) is 3.93. The van der Waals surface area contributed by atoms with E-state index in [1.807, 2.05) is 0 Å². The Balaban J connectivity index is 2.75. The number of hydrogen-bond donors (Lipinski definition) is 3. The molecule has 0 aliphatic carbocycles.